The predicted molar refractivity (Wildman–Crippen MR) is 229 cm³/mol. The molecule has 8 aromatic carbocycles. The molecule has 0 amide bonds. The van der Waals surface area contributed by atoms with E-state index in [2.05, 4.69) is 180 Å². The van der Waals surface area contributed by atoms with E-state index in [-0.39, 0.29) is 0 Å². The van der Waals surface area contributed by atoms with Gasteiger partial charge in [0.25, 0.3) is 0 Å². The van der Waals surface area contributed by atoms with Crippen molar-refractivity contribution in [2.45, 2.75) is 0 Å². The van der Waals surface area contributed by atoms with Gasteiger partial charge < -0.3 is 4.42 Å². The summed E-state index contributed by atoms with van der Waals surface area (Å²) in [5, 5.41) is 4.46. The van der Waals surface area contributed by atoms with Crippen LogP contribution in [-0.2, 0) is 0 Å². The molecular formula is C51H32N4O. The molecule has 11 aromatic rings. The monoisotopic (exact) mass is 716 g/mol. The van der Waals surface area contributed by atoms with Gasteiger partial charge in [-0.15, -0.1) is 0 Å². The Morgan fingerprint density at radius 1 is 0.339 bits per heavy atom. The molecule has 0 radical (unpaired) electrons. The maximum absolute atomic E-state index is 6.48. The first-order valence-electron chi connectivity index (χ1n) is 18.8. The van der Waals surface area contributed by atoms with Crippen LogP contribution in [0.2, 0.25) is 0 Å². The summed E-state index contributed by atoms with van der Waals surface area (Å²) in [5.74, 6) is 1.77. The van der Waals surface area contributed by atoms with Gasteiger partial charge in [0.05, 0.1) is 11.0 Å². The van der Waals surface area contributed by atoms with Gasteiger partial charge in [0.15, 0.2) is 11.6 Å². The van der Waals surface area contributed by atoms with Crippen molar-refractivity contribution < 1.29 is 4.42 Å². The van der Waals surface area contributed by atoms with Crippen LogP contribution < -0.4 is 0 Å². The summed E-state index contributed by atoms with van der Waals surface area (Å²) in [4.78, 5) is 15.6. The molecule has 0 saturated carbocycles. The van der Waals surface area contributed by atoms with Crippen molar-refractivity contribution in [3.63, 3.8) is 0 Å². The summed E-state index contributed by atoms with van der Waals surface area (Å²) in [6.07, 6.45) is 0. The standard InChI is InChI=1S/C51H32N4O/c1-3-13-33(14-4-1)35-25-27-36(28-26-35)49-52-50(54-51(53-49)55-44-22-9-7-19-41(44)42-20-8-10-23-45(42)55)39-18-11-17-38(31-39)40-21-12-24-46-48(40)43-30-29-37(32-47(43)56-46)34-15-5-2-6-16-34/h1-32H. The quantitative estimate of drug-likeness (QED) is 0.172. The first-order chi connectivity index (χ1) is 27.7. The average Bonchev–Trinajstić information content (AvgIpc) is 3.83. The number of rotatable bonds is 6. The van der Waals surface area contributed by atoms with Gasteiger partial charge in [0, 0.05) is 32.7 Å². The summed E-state index contributed by atoms with van der Waals surface area (Å²) in [7, 11) is 0. The zero-order chi connectivity index (χ0) is 37.0. The average molecular weight is 717 g/mol. The summed E-state index contributed by atoms with van der Waals surface area (Å²) >= 11 is 0. The van der Waals surface area contributed by atoms with Crippen molar-refractivity contribution in [3.05, 3.63) is 194 Å². The van der Waals surface area contributed by atoms with Gasteiger partial charge in [-0.3, -0.25) is 4.57 Å². The van der Waals surface area contributed by atoms with Crippen LogP contribution in [0.1, 0.15) is 0 Å². The first kappa shape index (κ1) is 31.9. The molecule has 0 N–H and O–H groups in total. The van der Waals surface area contributed by atoms with Gasteiger partial charge >= 0.3 is 0 Å². The van der Waals surface area contributed by atoms with Crippen molar-refractivity contribution in [3.8, 4) is 62.1 Å². The smallest absolute Gasteiger partial charge is 0.238 e. The van der Waals surface area contributed by atoms with Gasteiger partial charge in [-0.1, -0.05) is 158 Å². The Labute approximate surface area is 322 Å². The van der Waals surface area contributed by atoms with Crippen LogP contribution in [0.15, 0.2) is 199 Å². The third kappa shape index (κ3) is 5.37. The van der Waals surface area contributed by atoms with E-state index < -0.39 is 0 Å². The van der Waals surface area contributed by atoms with E-state index in [0.29, 0.717) is 17.6 Å². The fourth-order valence-corrected chi connectivity index (χ4v) is 8.01. The molecule has 0 aliphatic heterocycles. The van der Waals surface area contributed by atoms with Gasteiger partial charge in [-0.25, -0.2) is 4.98 Å². The summed E-state index contributed by atoms with van der Waals surface area (Å²) in [6.45, 7) is 0. The van der Waals surface area contributed by atoms with E-state index in [1.54, 1.807) is 0 Å². The number of para-hydroxylation sites is 2. The van der Waals surface area contributed by atoms with E-state index in [1.165, 1.54) is 0 Å². The minimum Gasteiger partial charge on any atom is -0.456 e. The summed E-state index contributed by atoms with van der Waals surface area (Å²) < 4.78 is 8.64. The lowest BCUT2D eigenvalue weighted by Gasteiger charge is -2.12. The lowest BCUT2D eigenvalue weighted by atomic mass is 9.97. The highest BCUT2D eigenvalue weighted by molar-refractivity contribution is 6.13. The highest BCUT2D eigenvalue weighted by Crippen LogP contribution is 2.39. The van der Waals surface area contributed by atoms with Crippen LogP contribution in [0.5, 0.6) is 0 Å². The van der Waals surface area contributed by atoms with E-state index >= 15 is 0 Å². The normalized spacial score (nSPS) is 11.6. The van der Waals surface area contributed by atoms with Gasteiger partial charge in [0.2, 0.25) is 5.95 Å². The highest BCUT2D eigenvalue weighted by atomic mass is 16.3. The van der Waals surface area contributed by atoms with E-state index in [1.807, 2.05) is 18.2 Å². The molecule has 0 atom stereocenters. The number of furan rings is 1. The van der Waals surface area contributed by atoms with Crippen LogP contribution in [0, 0.1) is 0 Å². The van der Waals surface area contributed by atoms with E-state index in [0.717, 1.165) is 88.3 Å². The third-order valence-corrected chi connectivity index (χ3v) is 10.7. The molecule has 3 aromatic heterocycles. The molecule has 5 heteroatoms. The second-order valence-electron chi connectivity index (χ2n) is 14.0. The Bertz CT molecular complexity index is 3180. The van der Waals surface area contributed by atoms with Crippen LogP contribution >= 0.6 is 0 Å². The zero-order valence-corrected chi connectivity index (χ0v) is 30.2. The largest absolute Gasteiger partial charge is 0.456 e. The first-order valence-corrected chi connectivity index (χ1v) is 18.8. The molecule has 0 saturated heterocycles. The lowest BCUT2D eigenvalue weighted by molar-refractivity contribution is 0.669. The molecular weight excluding hydrogens is 685 g/mol. The topological polar surface area (TPSA) is 56.7 Å². The maximum atomic E-state index is 6.48. The van der Waals surface area contributed by atoms with Crippen molar-refractivity contribution >= 4 is 43.7 Å². The van der Waals surface area contributed by atoms with Gasteiger partial charge in [-0.2, -0.15) is 9.97 Å². The van der Waals surface area contributed by atoms with Gasteiger partial charge in [-0.05, 0) is 69.8 Å². The molecule has 0 unspecified atom stereocenters. The summed E-state index contributed by atoms with van der Waals surface area (Å²) in [6, 6.07) is 67.4. The van der Waals surface area contributed by atoms with E-state index in [4.69, 9.17) is 19.4 Å². The van der Waals surface area contributed by atoms with Crippen LogP contribution in [0.3, 0.4) is 0 Å². The Morgan fingerprint density at radius 2 is 0.875 bits per heavy atom. The van der Waals surface area contributed by atoms with Crippen molar-refractivity contribution in [2.75, 3.05) is 0 Å². The van der Waals surface area contributed by atoms with Crippen LogP contribution in [0.25, 0.3) is 106 Å². The summed E-state index contributed by atoms with van der Waals surface area (Å²) in [5.41, 5.74) is 12.3. The highest BCUT2D eigenvalue weighted by Gasteiger charge is 2.19. The molecule has 0 fully saturated rings. The van der Waals surface area contributed by atoms with Crippen LogP contribution in [0.4, 0.5) is 0 Å². The lowest BCUT2D eigenvalue weighted by Crippen LogP contribution is -2.06. The molecule has 5 nitrogen and oxygen atoms in total. The third-order valence-electron chi connectivity index (χ3n) is 10.7. The molecule has 262 valence electrons. The second-order valence-corrected chi connectivity index (χ2v) is 14.0. The maximum Gasteiger partial charge on any atom is 0.238 e. The Balaban J connectivity index is 1.08. The van der Waals surface area contributed by atoms with Crippen LogP contribution in [-0.4, -0.2) is 19.5 Å². The Kier molecular flexibility index (Phi) is 7.42. The number of fused-ring (bicyclic) bond motifs is 6. The minimum absolute atomic E-state index is 0.567. The number of nitrogens with zero attached hydrogens (tertiary/aromatic N) is 4. The van der Waals surface area contributed by atoms with Crippen molar-refractivity contribution in [2.24, 2.45) is 0 Å². The van der Waals surface area contributed by atoms with Gasteiger partial charge in [0.1, 0.15) is 11.2 Å². The fraction of sp³-hybridized carbons (Fsp3) is 0. The minimum atomic E-state index is 0.567. The SMILES string of the molecule is c1ccc(-c2ccc(-c3nc(-c4cccc(-c5cccc6oc7cc(-c8ccccc8)ccc7c56)c4)nc(-n4c5ccccc5c5ccccc54)n3)cc2)cc1. The number of benzene rings is 8. The molecule has 0 aliphatic carbocycles. The van der Waals surface area contributed by atoms with E-state index in [9.17, 15) is 0 Å². The second kappa shape index (κ2) is 13.0. The Hall–Kier alpha value is -7.63. The molecule has 0 bridgehead atoms. The fourth-order valence-electron chi connectivity index (χ4n) is 8.01. The number of hydrogen-bond acceptors (Lipinski definition) is 4. The molecule has 0 aliphatic rings. The van der Waals surface area contributed by atoms with Crippen molar-refractivity contribution in [1.29, 1.82) is 0 Å². The number of hydrogen-bond donors (Lipinski definition) is 0. The zero-order valence-electron chi connectivity index (χ0n) is 30.2. The molecule has 0 spiro atoms. The molecule has 56 heavy (non-hydrogen) atoms. The predicted octanol–water partition coefficient (Wildman–Crippen LogP) is 13.2. The van der Waals surface area contributed by atoms with Crippen molar-refractivity contribution in [1.82, 2.24) is 19.5 Å². The molecule has 11 rings (SSSR count). The molecule has 3 heterocycles. The number of aromatic nitrogens is 4. The Morgan fingerprint density at radius 3 is 1.59 bits per heavy atom.